The third-order valence-electron chi connectivity index (χ3n) is 4.07. The number of aliphatic hydroxyl groups is 1. The van der Waals surface area contributed by atoms with Crippen molar-refractivity contribution in [2.75, 3.05) is 6.61 Å². The third-order valence-corrected chi connectivity index (χ3v) is 4.07. The van der Waals surface area contributed by atoms with Crippen molar-refractivity contribution in [3.05, 3.63) is 95.6 Å². The quantitative estimate of drug-likeness (QED) is 0.694. The Morgan fingerprint density at radius 1 is 0.840 bits per heavy atom. The molecule has 0 aliphatic rings. The molecule has 0 spiro atoms. The Hall–Kier alpha value is -2.91. The average molecular weight is 332 g/mol. The number of ether oxygens (including phenoxy) is 1. The Kier molecular flexibility index (Phi) is 5.26. The van der Waals surface area contributed by atoms with Crippen LogP contribution in [0.3, 0.4) is 0 Å². The monoisotopic (exact) mass is 332 g/mol. The van der Waals surface area contributed by atoms with Gasteiger partial charge in [0.1, 0.15) is 6.10 Å². The van der Waals surface area contributed by atoms with E-state index in [1.54, 1.807) is 19.1 Å². The molecular weight excluding hydrogens is 312 g/mol. The van der Waals surface area contributed by atoms with Crippen molar-refractivity contribution in [3.8, 4) is 11.1 Å². The van der Waals surface area contributed by atoms with E-state index in [1.807, 2.05) is 66.7 Å². The van der Waals surface area contributed by atoms with E-state index in [1.165, 1.54) is 0 Å². The molecule has 3 nitrogen and oxygen atoms in total. The van der Waals surface area contributed by atoms with Crippen LogP contribution in [0.15, 0.2) is 78.9 Å². The van der Waals surface area contributed by atoms with Gasteiger partial charge in [0, 0.05) is 0 Å². The third kappa shape index (κ3) is 3.95. The summed E-state index contributed by atoms with van der Waals surface area (Å²) in [6.45, 7) is 2.16. The minimum absolute atomic E-state index is 0.310. The van der Waals surface area contributed by atoms with Crippen LogP contribution in [0, 0.1) is 0 Å². The second kappa shape index (κ2) is 7.77. The first kappa shape index (κ1) is 16.9. The number of hydrogen-bond donors (Lipinski definition) is 1. The highest BCUT2D eigenvalue weighted by atomic mass is 16.5. The first-order valence-electron chi connectivity index (χ1n) is 8.29. The molecule has 0 saturated heterocycles. The van der Waals surface area contributed by atoms with Crippen molar-refractivity contribution in [3.63, 3.8) is 0 Å². The van der Waals surface area contributed by atoms with Gasteiger partial charge in [-0.2, -0.15) is 0 Å². The molecule has 0 aromatic heterocycles. The van der Waals surface area contributed by atoms with Crippen molar-refractivity contribution in [2.45, 2.75) is 13.0 Å². The number of carbonyl (C=O) groups is 1. The number of benzene rings is 3. The summed E-state index contributed by atoms with van der Waals surface area (Å²) in [5.74, 6) is -0.310. The van der Waals surface area contributed by atoms with Crippen molar-refractivity contribution in [2.24, 2.45) is 0 Å². The second-order valence-corrected chi connectivity index (χ2v) is 5.73. The highest BCUT2D eigenvalue weighted by Gasteiger charge is 2.10. The van der Waals surface area contributed by atoms with E-state index >= 15 is 0 Å². The van der Waals surface area contributed by atoms with Gasteiger partial charge < -0.3 is 9.84 Å². The molecule has 0 bridgehead atoms. The molecule has 0 saturated carbocycles. The van der Waals surface area contributed by atoms with Gasteiger partial charge in [0.25, 0.3) is 0 Å². The zero-order chi connectivity index (χ0) is 17.6. The zero-order valence-corrected chi connectivity index (χ0v) is 14.1. The van der Waals surface area contributed by atoms with E-state index in [9.17, 15) is 9.90 Å². The molecule has 3 aromatic rings. The van der Waals surface area contributed by atoms with Crippen LogP contribution < -0.4 is 0 Å². The molecular formula is C22H20O3. The summed E-state index contributed by atoms with van der Waals surface area (Å²) in [4.78, 5) is 11.7. The summed E-state index contributed by atoms with van der Waals surface area (Å²) in [6, 6.07) is 24.7. The molecule has 126 valence electrons. The largest absolute Gasteiger partial charge is 0.462 e. The number of hydrogen-bond acceptors (Lipinski definition) is 3. The molecule has 1 unspecified atom stereocenters. The van der Waals surface area contributed by atoms with Crippen molar-refractivity contribution in [1.29, 1.82) is 0 Å². The summed E-state index contributed by atoms with van der Waals surface area (Å²) in [6.07, 6.45) is -0.638. The minimum atomic E-state index is -0.638. The molecule has 1 atom stereocenters. The van der Waals surface area contributed by atoms with E-state index in [4.69, 9.17) is 4.74 Å². The fourth-order valence-electron chi connectivity index (χ4n) is 2.70. The van der Waals surface area contributed by atoms with Crippen LogP contribution in [0.25, 0.3) is 11.1 Å². The second-order valence-electron chi connectivity index (χ2n) is 5.73. The summed E-state index contributed by atoms with van der Waals surface area (Å²) in [7, 11) is 0. The summed E-state index contributed by atoms with van der Waals surface area (Å²) >= 11 is 0. The number of aliphatic hydroxyl groups excluding tert-OH is 1. The van der Waals surface area contributed by atoms with E-state index in [0.29, 0.717) is 12.2 Å². The molecule has 0 aliphatic carbocycles. The fourth-order valence-corrected chi connectivity index (χ4v) is 2.70. The van der Waals surface area contributed by atoms with Crippen LogP contribution in [0.2, 0.25) is 0 Å². The first-order chi connectivity index (χ1) is 12.2. The Balaban J connectivity index is 1.77. The van der Waals surface area contributed by atoms with E-state index < -0.39 is 6.10 Å². The minimum Gasteiger partial charge on any atom is -0.462 e. The Bertz CT molecular complexity index is 821. The molecule has 1 N–H and O–H groups in total. The van der Waals surface area contributed by atoms with Crippen LogP contribution in [0.5, 0.6) is 0 Å². The molecule has 3 heteroatoms. The number of rotatable bonds is 5. The van der Waals surface area contributed by atoms with Gasteiger partial charge in [0.2, 0.25) is 0 Å². The van der Waals surface area contributed by atoms with Gasteiger partial charge in [-0.25, -0.2) is 4.79 Å². The van der Waals surface area contributed by atoms with Crippen LogP contribution in [0.1, 0.15) is 34.5 Å². The Labute approximate surface area is 147 Å². The highest BCUT2D eigenvalue weighted by Crippen LogP contribution is 2.26. The topological polar surface area (TPSA) is 46.5 Å². The molecule has 0 heterocycles. The fraction of sp³-hybridized carbons (Fsp3) is 0.136. The van der Waals surface area contributed by atoms with Crippen LogP contribution in [0.4, 0.5) is 0 Å². The van der Waals surface area contributed by atoms with Crippen molar-refractivity contribution >= 4 is 5.97 Å². The van der Waals surface area contributed by atoms with Gasteiger partial charge in [-0.05, 0) is 41.3 Å². The Morgan fingerprint density at radius 3 is 1.92 bits per heavy atom. The van der Waals surface area contributed by atoms with Crippen molar-refractivity contribution < 1.29 is 14.6 Å². The molecule has 0 aliphatic heterocycles. The molecule has 0 fully saturated rings. The first-order valence-corrected chi connectivity index (χ1v) is 8.29. The maximum Gasteiger partial charge on any atom is 0.338 e. The highest BCUT2D eigenvalue weighted by molar-refractivity contribution is 5.90. The van der Waals surface area contributed by atoms with Crippen LogP contribution >= 0.6 is 0 Å². The van der Waals surface area contributed by atoms with Gasteiger partial charge in [-0.3, -0.25) is 0 Å². The summed E-state index contributed by atoms with van der Waals surface area (Å²) in [5.41, 5.74) is 4.29. The standard InChI is InChI=1S/C22H20O3/c1-2-25-22(24)20-14-10-17(11-15-20)16-8-12-19(13-9-16)21(23)18-6-4-3-5-7-18/h3-15,21,23H,2H2,1H3. The lowest BCUT2D eigenvalue weighted by molar-refractivity contribution is 0.0526. The molecule has 0 amide bonds. The predicted octanol–water partition coefficient (Wildman–Crippen LogP) is 4.61. The van der Waals surface area contributed by atoms with Gasteiger partial charge in [-0.15, -0.1) is 0 Å². The Morgan fingerprint density at radius 2 is 1.36 bits per heavy atom. The number of carbonyl (C=O) groups excluding carboxylic acids is 1. The van der Waals surface area contributed by atoms with E-state index in [-0.39, 0.29) is 5.97 Å². The predicted molar refractivity (Wildman–Crippen MR) is 98.3 cm³/mol. The smallest absolute Gasteiger partial charge is 0.338 e. The SMILES string of the molecule is CCOC(=O)c1ccc(-c2ccc(C(O)c3ccccc3)cc2)cc1. The maximum absolute atomic E-state index is 11.7. The van der Waals surface area contributed by atoms with Gasteiger partial charge in [-0.1, -0.05) is 66.7 Å². The lowest BCUT2D eigenvalue weighted by atomic mass is 9.98. The van der Waals surface area contributed by atoms with Gasteiger partial charge in [0.05, 0.1) is 12.2 Å². The van der Waals surface area contributed by atoms with Crippen LogP contribution in [-0.4, -0.2) is 17.7 Å². The number of esters is 1. The van der Waals surface area contributed by atoms with Gasteiger partial charge >= 0.3 is 5.97 Å². The average Bonchev–Trinajstić information content (AvgIpc) is 2.68. The molecule has 25 heavy (non-hydrogen) atoms. The zero-order valence-electron chi connectivity index (χ0n) is 14.1. The van der Waals surface area contributed by atoms with E-state index in [2.05, 4.69) is 0 Å². The lowest BCUT2D eigenvalue weighted by Crippen LogP contribution is -2.04. The summed E-state index contributed by atoms with van der Waals surface area (Å²) < 4.78 is 4.99. The van der Waals surface area contributed by atoms with Crippen molar-refractivity contribution in [1.82, 2.24) is 0 Å². The maximum atomic E-state index is 11.7. The molecule has 3 aromatic carbocycles. The van der Waals surface area contributed by atoms with Crippen LogP contribution in [-0.2, 0) is 4.74 Å². The van der Waals surface area contributed by atoms with Gasteiger partial charge in [0.15, 0.2) is 0 Å². The molecule has 3 rings (SSSR count). The summed E-state index contributed by atoms with van der Waals surface area (Å²) in [5, 5.41) is 10.4. The lowest BCUT2D eigenvalue weighted by Gasteiger charge is -2.12. The normalized spacial score (nSPS) is 11.8. The molecule has 0 radical (unpaired) electrons. The van der Waals surface area contributed by atoms with E-state index in [0.717, 1.165) is 22.3 Å².